The summed E-state index contributed by atoms with van der Waals surface area (Å²) in [4.78, 5) is 8.46. The Morgan fingerprint density at radius 2 is 1.56 bits per heavy atom. The van der Waals surface area contributed by atoms with Crippen LogP contribution in [-0.4, -0.2) is 9.97 Å². The van der Waals surface area contributed by atoms with Crippen molar-refractivity contribution >= 4 is 10.9 Å². The van der Waals surface area contributed by atoms with Crippen molar-refractivity contribution in [3.8, 4) is 22.8 Å². The summed E-state index contributed by atoms with van der Waals surface area (Å²) >= 11 is 0. The van der Waals surface area contributed by atoms with Crippen LogP contribution in [0.15, 0.2) is 79.1 Å². The number of hydrogen-bond acceptors (Lipinski definition) is 3. The van der Waals surface area contributed by atoms with E-state index in [4.69, 9.17) is 4.74 Å². The Bertz CT molecular complexity index is 1090. The average molecular weight is 366 g/mol. The third-order valence-electron chi connectivity index (χ3n) is 4.08. The van der Waals surface area contributed by atoms with Gasteiger partial charge in [-0.25, -0.2) is 4.98 Å². The zero-order valence-corrected chi connectivity index (χ0v) is 13.9. The summed E-state index contributed by atoms with van der Waals surface area (Å²) in [5, 5.41) is 0.997. The van der Waals surface area contributed by atoms with Crippen LogP contribution in [0.2, 0.25) is 0 Å². The van der Waals surface area contributed by atoms with Gasteiger partial charge >= 0.3 is 6.18 Å². The van der Waals surface area contributed by atoms with E-state index < -0.39 is 11.7 Å². The summed E-state index contributed by atoms with van der Waals surface area (Å²) in [5.74, 6) is 0.931. The monoisotopic (exact) mass is 366 g/mol. The third-order valence-corrected chi connectivity index (χ3v) is 4.08. The lowest BCUT2D eigenvalue weighted by Crippen LogP contribution is -2.03. The van der Waals surface area contributed by atoms with Gasteiger partial charge in [0.05, 0.1) is 11.1 Å². The molecule has 0 aliphatic heterocycles. The van der Waals surface area contributed by atoms with Crippen LogP contribution in [-0.2, 0) is 6.18 Å². The first-order valence-electron chi connectivity index (χ1n) is 8.15. The standard InChI is InChI=1S/C21H13F3N2O/c22-21(23,24)17-6-3-14(4-7-17)16-9-11-26-20(12-16)27-18-8-5-15-2-1-10-25-19(15)13-18/h1-13H. The van der Waals surface area contributed by atoms with Crippen LogP contribution in [0.1, 0.15) is 5.56 Å². The van der Waals surface area contributed by atoms with Crippen LogP contribution in [0.4, 0.5) is 13.2 Å². The van der Waals surface area contributed by atoms with Crippen molar-refractivity contribution < 1.29 is 17.9 Å². The van der Waals surface area contributed by atoms with Gasteiger partial charge in [0, 0.05) is 29.9 Å². The van der Waals surface area contributed by atoms with Gasteiger partial charge in [-0.1, -0.05) is 18.2 Å². The summed E-state index contributed by atoms with van der Waals surface area (Å²) < 4.78 is 43.9. The molecule has 0 unspecified atom stereocenters. The fourth-order valence-corrected chi connectivity index (χ4v) is 2.73. The number of aromatic nitrogens is 2. The van der Waals surface area contributed by atoms with Crippen LogP contribution in [0.3, 0.4) is 0 Å². The van der Waals surface area contributed by atoms with E-state index in [0.29, 0.717) is 22.8 Å². The number of nitrogens with zero attached hydrogens (tertiary/aromatic N) is 2. The van der Waals surface area contributed by atoms with Crippen LogP contribution < -0.4 is 4.74 Å². The maximum atomic E-state index is 12.7. The Kier molecular flexibility index (Phi) is 4.24. The number of rotatable bonds is 3. The maximum absolute atomic E-state index is 12.7. The smallest absolute Gasteiger partial charge is 0.416 e. The minimum Gasteiger partial charge on any atom is -0.439 e. The van der Waals surface area contributed by atoms with E-state index in [0.717, 1.165) is 23.0 Å². The Balaban J connectivity index is 1.60. The van der Waals surface area contributed by atoms with Gasteiger partial charge in [0.2, 0.25) is 5.88 Å². The molecule has 0 saturated carbocycles. The molecule has 0 N–H and O–H groups in total. The summed E-state index contributed by atoms with van der Waals surface area (Å²) in [7, 11) is 0. The number of fused-ring (bicyclic) bond motifs is 1. The Morgan fingerprint density at radius 3 is 2.33 bits per heavy atom. The number of hydrogen-bond donors (Lipinski definition) is 0. The van der Waals surface area contributed by atoms with E-state index in [1.807, 2.05) is 30.3 Å². The Morgan fingerprint density at radius 1 is 0.741 bits per heavy atom. The van der Waals surface area contributed by atoms with Gasteiger partial charge in [0.15, 0.2) is 0 Å². The molecule has 0 aliphatic carbocycles. The van der Waals surface area contributed by atoms with Gasteiger partial charge in [-0.2, -0.15) is 13.2 Å². The van der Waals surface area contributed by atoms with Gasteiger partial charge < -0.3 is 4.74 Å². The predicted molar refractivity (Wildman–Crippen MR) is 96.5 cm³/mol. The van der Waals surface area contributed by atoms with E-state index in [-0.39, 0.29) is 0 Å². The lowest BCUT2D eigenvalue weighted by Gasteiger charge is -2.09. The average Bonchev–Trinajstić information content (AvgIpc) is 2.68. The highest BCUT2D eigenvalue weighted by Crippen LogP contribution is 2.32. The van der Waals surface area contributed by atoms with E-state index in [9.17, 15) is 13.2 Å². The second-order valence-corrected chi connectivity index (χ2v) is 5.92. The lowest BCUT2D eigenvalue weighted by molar-refractivity contribution is -0.137. The highest BCUT2D eigenvalue weighted by molar-refractivity contribution is 5.79. The molecular formula is C21H13F3N2O. The maximum Gasteiger partial charge on any atom is 0.416 e. The van der Waals surface area contributed by atoms with Crippen molar-refractivity contribution in [3.05, 3.63) is 84.7 Å². The summed E-state index contributed by atoms with van der Waals surface area (Å²) in [6.07, 6.45) is -1.09. The molecule has 4 rings (SSSR count). The van der Waals surface area contributed by atoms with E-state index in [1.54, 1.807) is 24.5 Å². The predicted octanol–water partition coefficient (Wildman–Crippen LogP) is 6.11. The Hall–Kier alpha value is -3.41. The highest BCUT2D eigenvalue weighted by atomic mass is 19.4. The molecule has 0 saturated heterocycles. The van der Waals surface area contributed by atoms with Crippen molar-refractivity contribution in [2.45, 2.75) is 6.18 Å². The van der Waals surface area contributed by atoms with Crippen LogP contribution in [0.25, 0.3) is 22.0 Å². The van der Waals surface area contributed by atoms with Crippen LogP contribution in [0.5, 0.6) is 11.6 Å². The van der Waals surface area contributed by atoms with E-state index in [2.05, 4.69) is 9.97 Å². The molecule has 2 heterocycles. The minimum absolute atomic E-state index is 0.350. The first kappa shape index (κ1) is 17.0. The molecule has 0 radical (unpaired) electrons. The fraction of sp³-hybridized carbons (Fsp3) is 0.0476. The molecule has 0 aliphatic rings. The fourth-order valence-electron chi connectivity index (χ4n) is 2.73. The molecule has 4 aromatic rings. The van der Waals surface area contributed by atoms with Crippen LogP contribution in [0, 0.1) is 0 Å². The second kappa shape index (κ2) is 6.72. The van der Waals surface area contributed by atoms with Gasteiger partial charge in [-0.3, -0.25) is 4.98 Å². The molecule has 3 nitrogen and oxygen atoms in total. The van der Waals surface area contributed by atoms with Gasteiger partial charge in [0.25, 0.3) is 0 Å². The molecule has 2 aromatic heterocycles. The van der Waals surface area contributed by atoms with Gasteiger partial charge in [0.1, 0.15) is 5.75 Å². The third kappa shape index (κ3) is 3.74. The quantitative estimate of drug-likeness (QED) is 0.439. The SMILES string of the molecule is FC(F)(F)c1ccc(-c2ccnc(Oc3ccc4cccnc4c3)c2)cc1. The summed E-state index contributed by atoms with van der Waals surface area (Å²) in [6, 6.07) is 17.7. The van der Waals surface area contributed by atoms with Crippen molar-refractivity contribution in [1.29, 1.82) is 0 Å². The molecule has 0 amide bonds. The van der Waals surface area contributed by atoms with E-state index >= 15 is 0 Å². The normalized spacial score (nSPS) is 11.5. The van der Waals surface area contributed by atoms with Crippen molar-refractivity contribution in [1.82, 2.24) is 9.97 Å². The first-order chi connectivity index (χ1) is 13.0. The zero-order chi connectivity index (χ0) is 18.9. The molecule has 0 spiro atoms. The van der Waals surface area contributed by atoms with Crippen LogP contribution >= 0.6 is 0 Å². The zero-order valence-electron chi connectivity index (χ0n) is 13.9. The van der Waals surface area contributed by atoms with Crippen molar-refractivity contribution in [2.24, 2.45) is 0 Å². The molecule has 2 aromatic carbocycles. The number of benzene rings is 2. The van der Waals surface area contributed by atoms with Gasteiger partial charge in [-0.15, -0.1) is 0 Å². The molecule has 6 heteroatoms. The highest BCUT2D eigenvalue weighted by Gasteiger charge is 2.29. The molecule has 0 atom stereocenters. The number of pyridine rings is 2. The lowest BCUT2D eigenvalue weighted by atomic mass is 10.0. The molecular weight excluding hydrogens is 353 g/mol. The minimum atomic E-state index is -4.35. The number of ether oxygens (including phenoxy) is 1. The molecule has 0 bridgehead atoms. The second-order valence-electron chi connectivity index (χ2n) is 5.92. The first-order valence-corrected chi connectivity index (χ1v) is 8.15. The number of halogens is 3. The largest absolute Gasteiger partial charge is 0.439 e. The van der Waals surface area contributed by atoms with Gasteiger partial charge in [-0.05, 0) is 47.5 Å². The topological polar surface area (TPSA) is 35.0 Å². The van der Waals surface area contributed by atoms with Crippen molar-refractivity contribution in [2.75, 3.05) is 0 Å². The molecule has 0 fully saturated rings. The summed E-state index contributed by atoms with van der Waals surface area (Å²) in [6.45, 7) is 0. The van der Waals surface area contributed by atoms with Crippen molar-refractivity contribution in [3.63, 3.8) is 0 Å². The molecule has 134 valence electrons. The number of alkyl halides is 3. The van der Waals surface area contributed by atoms with E-state index in [1.165, 1.54) is 12.1 Å². The summed E-state index contributed by atoms with van der Waals surface area (Å²) in [5.41, 5.74) is 1.48. The Labute approximate surface area is 153 Å². The molecule has 27 heavy (non-hydrogen) atoms.